The summed E-state index contributed by atoms with van der Waals surface area (Å²) in [5.74, 6) is 2.02. The van der Waals surface area contributed by atoms with Gasteiger partial charge in [0.25, 0.3) is 0 Å². The van der Waals surface area contributed by atoms with Crippen LogP contribution in [-0.2, 0) is 17.8 Å². The van der Waals surface area contributed by atoms with Crippen molar-refractivity contribution in [2.45, 2.75) is 32.8 Å². The first kappa shape index (κ1) is 11.5. The van der Waals surface area contributed by atoms with E-state index in [1.807, 2.05) is 6.92 Å². The van der Waals surface area contributed by atoms with Gasteiger partial charge in [-0.25, -0.2) is 0 Å². The number of aromatic nitrogens is 2. The van der Waals surface area contributed by atoms with Crippen molar-refractivity contribution in [2.75, 3.05) is 19.7 Å². The van der Waals surface area contributed by atoms with E-state index in [1.165, 1.54) is 12.8 Å². The molecule has 0 atom stereocenters. The van der Waals surface area contributed by atoms with E-state index in [0.29, 0.717) is 24.2 Å². The van der Waals surface area contributed by atoms with E-state index in [9.17, 15) is 0 Å². The second-order valence-corrected chi connectivity index (χ2v) is 4.17. The zero-order chi connectivity index (χ0) is 11.2. The Labute approximate surface area is 95.6 Å². The Morgan fingerprint density at radius 3 is 2.94 bits per heavy atom. The van der Waals surface area contributed by atoms with Crippen LogP contribution in [0.4, 0.5) is 0 Å². The number of hydrogen-bond acceptors (Lipinski definition) is 5. The first-order chi connectivity index (χ1) is 7.88. The lowest BCUT2D eigenvalue weighted by Gasteiger charge is -2.21. The zero-order valence-corrected chi connectivity index (χ0v) is 9.74. The molecule has 5 nitrogen and oxygen atoms in total. The molecule has 5 heteroatoms. The summed E-state index contributed by atoms with van der Waals surface area (Å²) < 4.78 is 10.6. The van der Waals surface area contributed by atoms with E-state index in [1.54, 1.807) is 0 Å². The van der Waals surface area contributed by atoms with E-state index in [4.69, 9.17) is 9.26 Å². The molecule has 0 aliphatic carbocycles. The molecule has 1 saturated heterocycles. The third-order valence-electron chi connectivity index (χ3n) is 2.86. The Kier molecular flexibility index (Phi) is 4.30. The van der Waals surface area contributed by atoms with Crippen LogP contribution >= 0.6 is 0 Å². The number of nitrogens with one attached hydrogen (secondary N) is 1. The summed E-state index contributed by atoms with van der Waals surface area (Å²) >= 11 is 0. The highest BCUT2D eigenvalue weighted by Crippen LogP contribution is 2.12. The number of piperidine rings is 1. The van der Waals surface area contributed by atoms with Gasteiger partial charge in [-0.15, -0.1) is 0 Å². The standard InChI is InChI=1S/C11H19N3O2/c1-2-11-13-10(14-16-11)8-15-7-9-3-5-12-6-4-9/h9,12H,2-8H2,1H3. The van der Waals surface area contributed by atoms with Gasteiger partial charge < -0.3 is 14.6 Å². The summed E-state index contributed by atoms with van der Waals surface area (Å²) in [7, 11) is 0. The van der Waals surface area contributed by atoms with E-state index in [2.05, 4.69) is 15.5 Å². The Hall–Kier alpha value is -0.940. The number of hydrogen-bond donors (Lipinski definition) is 1. The lowest BCUT2D eigenvalue weighted by atomic mass is 9.99. The molecule has 1 fully saturated rings. The highest BCUT2D eigenvalue weighted by atomic mass is 16.5. The van der Waals surface area contributed by atoms with Crippen molar-refractivity contribution in [1.29, 1.82) is 0 Å². The Bertz CT molecular complexity index is 308. The Morgan fingerprint density at radius 2 is 2.25 bits per heavy atom. The first-order valence-corrected chi connectivity index (χ1v) is 5.98. The Morgan fingerprint density at radius 1 is 1.44 bits per heavy atom. The van der Waals surface area contributed by atoms with Gasteiger partial charge in [0.05, 0.1) is 6.61 Å². The second kappa shape index (κ2) is 5.96. The maximum Gasteiger partial charge on any atom is 0.226 e. The smallest absolute Gasteiger partial charge is 0.226 e. The minimum absolute atomic E-state index is 0.466. The quantitative estimate of drug-likeness (QED) is 0.814. The largest absolute Gasteiger partial charge is 0.373 e. The van der Waals surface area contributed by atoms with Crippen molar-refractivity contribution in [3.05, 3.63) is 11.7 Å². The first-order valence-electron chi connectivity index (χ1n) is 5.98. The lowest BCUT2D eigenvalue weighted by Crippen LogP contribution is -2.29. The third-order valence-corrected chi connectivity index (χ3v) is 2.86. The molecular weight excluding hydrogens is 206 g/mol. The summed E-state index contributed by atoms with van der Waals surface area (Å²) in [5, 5.41) is 7.18. The van der Waals surface area contributed by atoms with Gasteiger partial charge in [-0.05, 0) is 31.8 Å². The molecule has 1 aliphatic rings. The SMILES string of the molecule is CCc1nc(COCC2CCNCC2)no1. The van der Waals surface area contributed by atoms with Crippen LogP contribution in [0.25, 0.3) is 0 Å². The van der Waals surface area contributed by atoms with Gasteiger partial charge in [0.2, 0.25) is 5.89 Å². The van der Waals surface area contributed by atoms with Gasteiger partial charge in [0.1, 0.15) is 6.61 Å². The topological polar surface area (TPSA) is 60.2 Å². The predicted octanol–water partition coefficient (Wildman–Crippen LogP) is 1.15. The normalized spacial score (nSPS) is 17.8. The van der Waals surface area contributed by atoms with E-state index < -0.39 is 0 Å². The molecular formula is C11H19N3O2. The van der Waals surface area contributed by atoms with Crippen LogP contribution in [-0.4, -0.2) is 29.8 Å². The lowest BCUT2D eigenvalue weighted by molar-refractivity contribution is 0.0711. The molecule has 0 amide bonds. The maximum absolute atomic E-state index is 5.60. The molecule has 0 saturated carbocycles. The summed E-state index contributed by atoms with van der Waals surface area (Å²) in [5.41, 5.74) is 0. The van der Waals surface area contributed by atoms with Gasteiger partial charge in [-0.3, -0.25) is 0 Å². The Balaban J connectivity index is 1.66. The van der Waals surface area contributed by atoms with Crippen molar-refractivity contribution in [3.63, 3.8) is 0 Å². The second-order valence-electron chi connectivity index (χ2n) is 4.17. The minimum atomic E-state index is 0.466. The molecule has 0 spiro atoms. The number of rotatable bonds is 5. The van der Waals surface area contributed by atoms with Gasteiger partial charge in [-0.2, -0.15) is 4.98 Å². The van der Waals surface area contributed by atoms with Crippen LogP contribution in [0.5, 0.6) is 0 Å². The molecule has 2 rings (SSSR count). The third kappa shape index (κ3) is 3.28. The number of ether oxygens (including phenoxy) is 1. The molecule has 0 radical (unpaired) electrons. The van der Waals surface area contributed by atoms with E-state index >= 15 is 0 Å². The van der Waals surface area contributed by atoms with Gasteiger partial charge in [0.15, 0.2) is 5.82 Å². The average molecular weight is 225 g/mol. The molecule has 1 aliphatic heterocycles. The van der Waals surface area contributed by atoms with Gasteiger partial charge in [0, 0.05) is 6.42 Å². The van der Waals surface area contributed by atoms with Crippen LogP contribution in [0.1, 0.15) is 31.5 Å². The predicted molar refractivity (Wildman–Crippen MR) is 58.9 cm³/mol. The average Bonchev–Trinajstić information content (AvgIpc) is 2.78. The molecule has 0 bridgehead atoms. The highest BCUT2D eigenvalue weighted by molar-refractivity contribution is 4.83. The van der Waals surface area contributed by atoms with Crippen LogP contribution in [0.15, 0.2) is 4.52 Å². The molecule has 90 valence electrons. The number of nitrogens with zero attached hydrogens (tertiary/aromatic N) is 2. The number of aryl methyl sites for hydroxylation is 1. The van der Waals surface area contributed by atoms with Crippen LogP contribution in [0, 0.1) is 5.92 Å². The molecule has 1 aromatic heterocycles. The van der Waals surface area contributed by atoms with Crippen molar-refractivity contribution < 1.29 is 9.26 Å². The molecule has 0 unspecified atom stereocenters. The fourth-order valence-electron chi connectivity index (χ4n) is 1.86. The highest BCUT2D eigenvalue weighted by Gasteiger charge is 2.13. The minimum Gasteiger partial charge on any atom is -0.373 e. The molecule has 16 heavy (non-hydrogen) atoms. The van der Waals surface area contributed by atoms with Crippen molar-refractivity contribution >= 4 is 0 Å². The summed E-state index contributed by atoms with van der Waals surface area (Å²) in [6.07, 6.45) is 3.18. The summed E-state index contributed by atoms with van der Waals surface area (Å²) in [4.78, 5) is 4.20. The monoisotopic (exact) mass is 225 g/mol. The van der Waals surface area contributed by atoms with Crippen LogP contribution in [0.3, 0.4) is 0 Å². The fraction of sp³-hybridized carbons (Fsp3) is 0.818. The van der Waals surface area contributed by atoms with Crippen molar-refractivity contribution in [3.8, 4) is 0 Å². The van der Waals surface area contributed by atoms with Crippen LogP contribution < -0.4 is 5.32 Å². The summed E-state index contributed by atoms with van der Waals surface area (Å²) in [6, 6.07) is 0. The van der Waals surface area contributed by atoms with E-state index in [-0.39, 0.29) is 0 Å². The van der Waals surface area contributed by atoms with Crippen molar-refractivity contribution in [2.24, 2.45) is 5.92 Å². The van der Waals surface area contributed by atoms with Gasteiger partial charge >= 0.3 is 0 Å². The molecule has 0 aromatic carbocycles. The molecule has 1 N–H and O–H groups in total. The molecule has 2 heterocycles. The van der Waals surface area contributed by atoms with E-state index in [0.717, 1.165) is 26.1 Å². The van der Waals surface area contributed by atoms with Crippen molar-refractivity contribution in [1.82, 2.24) is 15.5 Å². The van der Waals surface area contributed by atoms with Gasteiger partial charge in [-0.1, -0.05) is 12.1 Å². The van der Waals surface area contributed by atoms with Crippen LogP contribution in [0.2, 0.25) is 0 Å². The maximum atomic E-state index is 5.60. The fourth-order valence-corrected chi connectivity index (χ4v) is 1.86. The summed E-state index contributed by atoms with van der Waals surface area (Å²) in [6.45, 7) is 5.48. The zero-order valence-electron chi connectivity index (χ0n) is 9.74. The molecule has 1 aromatic rings.